The van der Waals surface area contributed by atoms with Crippen LogP contribution >= 0.6 is 0 Å². The molecule has 4 N–H and O–H groups in total. The van der Waals surface area contributed by atoms with Crippen molar-refractivity contribution in [3.63, 3.8) is 0 Å². The Morgan fingerprint density at radius 2 is 2.00 bits per heavy atom. The summed E-state index contributed by atoms with van der Waals surface area (Å²) in [6.45, 7) is 6.29. The lowest BCUT2D eigenvalue weighted by Gasteiger charge is -2.32. The summed E-state index contributed by atoms with van der Waals surface area (Å²) >= 11 is 0. The molecule has 122 valence electrons. The van der Waals surface area contributed by atoms with Gasteiger partial charge in [-0.2, -0.15) is 0 Å². The normalized spacial score (nSPS) is 19.6. The molecule has 1 aliphatic heterocycles. The van der Waals surface area contributed by atoms with E-state index in [9.17, 15) is 4.79 Å². The summed E-state index contributed by atoms with van der Waals surface area (Å²) < 4.78 is 5.54. The number of carbonyl (C=O) groups excluding carboxylic acids is 1. The van der Waals surface area contributed by atoms with E-state index < -0.39 is 5.60 Å². The Bertz CT molecular complexity index is 539. The molecule has 1 amide bonds. The first-order chi connectivity index (χ1) is 10.3. The van der Waals surface area contributed by atoms with E-state index in [1.807, 2.05) is 26.8 Å². The molecule has 2 rings (SSSR count). The summed E-state index contributed by atoms with van der Waals surface area (Å²) in [6, 6.07) is 3.48. The average Bonchev–Trinajstić information content (AvgIpc) is 2.65. The number of hydrogen-bond acceptors (Lipinski definition) is 5. The van der Waals surface area contributed by atoms with Crippen LogP contribution in [0.15, 0.2) is 12.1 Å². The van der Waals surface area contributed by atoms with E-state index in [2.05, 4.69) is 4.98 Å². The molecule has 1 atom stereocenters. The molecular weight excluding hydrogens is 280 g/mol. The van der Waals surface area contributed by atoms with Crippen LogP contribution in [0.1, 0.15) is 58.2 Å². The summed E-state index contributed by atoms with van der Waals surface area (Å²) in [5.41, 5.74) is 12.3. The van der Waals surface area contributed by atoms with Crippen LogP contribution in [0.3, 0.4) is 0 Å². The van der Waals surface area contributed by atoms with E-state index in [4.69, 9.17) is 16.2 Å². The molecule has 6 nitrogen and oxygen atoms in total. The Morgan fingerprint density at radius 1 is 1.27 bits per heavy atom. The fraction of sp³-hybridized carbons (Fsp3) is 0.625. The zero-order valence-corrected chi connectivity index (χ0v) is 13.6. The van der Waals surface area contributed by atoms with Gasteiger partial charge in [-0.3, -0.25) is 4.90 Å². The summed E-state index contributed by atoms with van der Waals surface area (Å²) in [5.74, 6) is 0.311. The largest absolute Gasteiger partial charge is 0.444 e. The molecule has 1 fully saturated rings. The highest BCUT2D eigenvalue weighted by Crippen LogP contribution is 2.31. The fourth-order valence-electron chi connectivity index (χ4n) is 2.64. The molecule has 0 radical (unpaired) electrons. The van der Waals surface area contributed by atoms with Crippen molar-refractivity contribution in [1.82, 2.24) is 9.88 Å². The van der Waals surface area contributed by atoms with Gasteiger partial charge >= 0.3 is 6.09 Å². The Labute approximate surface area is 131 Å². The number of nitrogens with two attached hydrogens (primary N) is 2. The molecule has 2 heterocycles. The second-order valence-electron chi connectivity index (χ2n) is 6.75. The van der Waals surface area contributed by atoms with Crippen LogP contribution in [0.4, 0.5) is 16.3 Å². The third-order valence-electron chi connectivity index (χ3n) is 3.70. The van der Waals surface area contributed by atoms with Gasteiger partial charge in [-0.05, 0) is 45.7 Å². The van der Waals surface area contributed by atoms with Gasteiger partial charge in [0.1, 0.15) is 11.4 Å². The van der Waals surface area contributed by atoms with E-state index >= 15 is 0 Å². The standard InChI is InChI=1S/C16H26N4O2/c1-16(2,3)22-15(21)20-10-6-4-5-7-13(20)12-9-8-11(17)14(18)19-12/h8-9,13H,4-7,10,17H2,1-3H3,(H2,18,19). The molecule has 1 aliphatic rings. The molecule has 1 unspecified atom stereocenters. The lowest BCUT2D eigenvalue weighted by atomic mass is 10.1. The molecule has 22 heavy (non-hydrogen) atoms. The lowest BCUT2D eigenvalue weighted by Crippen LogP contribution is -2.39. The van der Waals surface area contributed by atoms with Gasteiger partial charge in [-0.25, -0.2) is 9.78 Å². The Hall–Kier alpha value is -1.98. The smallest absolute Gasteiger partial charge is 0.410 e. The first-order valence-corrected chi connectivity index (χ1v) is 7.79. The van der Waals surface area contributed by atoms with Crippen LogP contribution < -0.4 is 11.5 Å². The highest BCUT2D eigenvalue weighted by Gasteiger charge is 2.31. The third kappa shape index (κ3) is 4.02. The monoisotopic (exact) mass is 306 g/mol. The van der Waals surface area contributed by atoms with Crippen molar-refractivity contribution in [2.45, 2.75) is 58.1 Å². The average molecular weight is 306 g/mol. The van der Waals surface area contributed by atoms with Gasteiger partial charge in [0.2, 0.25) is 0 Å². The molecule has 6 heteroatoms. The number of nitrogens with zero attached hydrogens (tertiary/aromatic N) is 2. The van der Waals surface area contributed by atoms with Gasteiger partial charge in [-0.1, -0.05) is 12.8 Å². The molecular formula is C16H26N4O2. The van der Waals surface area contributed by atoms with Crippen LogP contribution in [0.2, 0.25) is 0 Å². The van der Waals surface area contributed by atoms with Crippen LogP contribution in [0.5, 0.6) is 0 Å². The quantitative estimate of drug-likeness (QED) is 0.831. The molecule has 0 aromatic carbocycles. The van der Waals surface area contributed by atoms with Gasteiger partial charge in [0, 0.05) is 6.54 Å². The van der Waals surface area contributed by atoms with E-state index in [1.165, 1.54) is 0 Å². The summed E-state index contributed by atoms with van der Waals surface area (Å²) in [4.78, 5) is 18.7. The summed E-state index contributed by atoms with van der Waals surface area (Å²) in [7, 11) is 0. The number of likely N-dealkylation sites (tertiary alicyclic amines) is 1. The van der Waals surface area contributed by atoms with Gasteiger partial charge < -0.3 is 16.2 Å². The molecule has 0 spiro atoms. The summed E-state index contributed by atoms with van der Waals surface area (Å²) in [6.07, 6.45) is 3.68. The van der Waals surface area contributed by atoms with Crippen LogP contribution in [0, 0.1) is 0 Å². The van der Waals surface area contributed by atoms with Crippen molar-refractivity contribution in [2.24, 2.45) is 0 Å². The number of nitrogen functional groups attached to an aromatic ring is 2. The molecule has 1 aromatic rings. The molecule has 1 saturated heterocycles. The predicted molar refractivity (Wildman–Crippen MR) is 87.2 cm³/mol. The van der Waals surface area contributed by atoms with Crippen molar-refractivity contribution < 1.29 is 9.53 Å². The summed E-state index contributed by atoms with van der Waals surface area (Å²) in [5, 5.41) is 0. The number of anilines is 2. The van der Waals surface area contributed by atoms with E-state index in [0.29, 0.717) is 18.1 Å². The zero-order valence-electron chi connectivity index (χ0n) is 13.6. The minimum Gasteiger partial charge on any atom is -0.444 e. The molecule has 0 bridgehead atoms. The van der Waals surface area contributed by atoms with Crippen molar-refractivity contribution in [2.75, 3.05) is 18.0 Å². The number of aromatic nitrogens is 1. The van der Waals surface area contributed by atoms with Crippen molar-refractivity contribution >= 4 is 17.6 Å². The van der Waals surface area contributed by atoms with Crippen molar-refractivity contribution in [3.05, 3.63) is 17.8 Å². The highest BCUT2D eigenvalue weighted by atomic mass is 16.6. The first-order valence-electron chi connectivity index (χ1n) is 7.79. The minimum atomic E-state index is -0.512. The number of hydrogen-bond donors (Lipinski definition) is 2. The van der Waals surface area contributed by atoms with Gasteiger partial charge in [0.15, 0.2) is 0 Å². The van der Waals surface area contributed by atoms with Gasteiger partial charge in [0.25, 0.3) is 0 Å². The molecule has 1 aromatic heterocycles. The van der Waals surface area contributed by atoms with Crippen LogP contribution in [0.25, 0.3) is 0 Å². The first kappa shape index (κ1) is 16.4. The van der Waals surface area contributed by atoms with Gasteiger partial charge in [-0.15, -0.1) is 0 Å². The SMILES string of the molecule is CC(C)(C)OC(=O)N1CCCCCC1c1ccc(N)c(N)n1. The van der Waals surface area contributed by atoms with Crippen LogP contribution in [-0.4, -0.2) is 28.1 Å². The fourth-order valence-corrected chi connectivity index (χ4v) is 2.64. The third-order valence-corrected chi connectivity index (χ3v) is 3.70. The predicted octanol–water partition coefficient (Wildman–Crippen LogP) is 3.10. The van der Waals surface area contributed by atoms with E-state index in [-0.39, 0.29) is 12.1 Å². The van der Waals surface area contributed by atoms with E-state index in [1.54, 1.807) is 11.0 Å². The highest BCUT2D eigenvalue weighted by molar-refractivity contribution is 5.69. The molecule has 0 saturated carbocycles. The number of carbonyl (C=O) groups is 1. The van der Waals surface area contributed by atoms with Gasteiger partial charge in [0.05, 0.1) is 17.4 Å². The minimum absolute atomic E-state index is 0.111. The number of pyridine rings is 1. The molecule has 0 aliphatic carbocycles. The lowest BCUT2D eigenvalue weighted by molar-refractivity contribution is 0.0159. The number of amides is 1. The Kier molecular flexibility index (Phi) is 4.78. The number of rotatable bonds is 1. The second kappa shape index (κ2) is 6.42. The van der Waals surface area contributed by atoms with Crippen molar-refractivity contribution in [1.29, 1.82) is 0 Å². The maximum atomic E-state index is 12.5. The Balaban J connectivity index is 2.27. The topological polar surface area (TPSA) is 94.5 Å². The second-order valence-corrected chi connectivity index (χ2v) is 6.75. The van der Waals surface area contributed by atoms with E-state index in [0.717, 1.165) is 31.4 Å². The number of ether oxygens (including phenoxy) is 1. The van der Waals surface area contributed by atoms with Crippen LogP contribution in [-0.2, 0) is 4.74 Å². The Morgan fingerprint density at radius 3 is 2.64 bits per heavy atom. The maximum absolute atomic E-state index is 12.5. The maximum Gasteiger partial charge on any atom is 0.410 e. The van der Waals surface area contributed by atoms with Crippen molar-refractivity contribution in [3.8, 4) is 0 Å². The zero-order chi connectivity index (χ0) is 16.3.